The number of halogens is 3. The molecule has 2 aromatic heterocycles. The van der Waals surface area contributed by atoms with Crippen molar-refractivity contribution in [2.75, 3.05) is 5.32 Å². The smallest absolute Gasteiger partial charge is 0.143 e. The summed E-state index contributed by atoms with van der Waals surface area (Å²) in [7, 11) is 0. The highest BCUT2D eigenvalue weighted by Gasteiger charge is 2.22. The first-order valence-corrected chi connectivity index (χ1v) is 8.56. The molecule has 27 heavy (non-hydrogen) atoms. The Kier molecular flexibility index (Phi) is 4.32. The zero-order valence-corrected chi connectivity index (χ0v) is 14.5. The fourth-order valence-electron chi connectivity index (χ4n) is 3.12. The second-order valence-corrected chi connectivity index (χ2v) is 6.10. The summed E-state index contributed by atoms with van der Waals surface area (Å²) in [4.78, 5) is 4.47. The molecule has 0 aliphatic rings. The van der Waals surface area contributed by atoms with Gasteiger partial charge in [0.05, 0.1) is 5.56 Å². The minimum absolute atomic E-state index is 0.163. The van der Waals surface area contributed by atoms with E-state index in [-0.39, 0.29) is 17.1 Å². The van der Waals surface area contributed by atoms with Crippen molar-refractivity contribution < 1.29 is 13.2 Å². The van der Waals surface area contributed by atoms with Gasteiger partial charge in [0, 0.05) is 11.4 Å². The number of imidazole rings is 1. The molecule has 0 spiro atoms. The van der Waals surface area contributed by atoms with Gasteiger partial charge in [-0.05, 0) is 55.0 Å². The molecule has 0 aliphatic carbocycles. The predicted molar refractivity (Wildman–Crippen MR) is 99.6 cm³/mol. The zero-order chi connectivity index (χ0) is 19.0. The third-order valence-corrected chi connectivity index (χ3v) is 4.39. The number of aryl methyl sites for hydroxylation is 1. The largest absolute Gasteiger partial charge is 0.339 e. The monoisotopic (exact) mass is 367 g/mol. The molecule has 136 valence electrons. The molecule has 0 aliphatic heterocycles. The Hall–Kier alpha value is -3.28. The third kappa shape index (κ3) is 3.03. The molecular formula is C21H16F3N3. The Balaban J connectivity index is 1.99. The minimum Gasteiger partial charge on any atom is -0.339 e. The van der Waals surface area contributed by atoms with E-state index in [2.05, 4.69) is 10.3 Å². The summed E-state index contributed by atoms with van der Waals surface area (Å²) < 4.78 is 44.0. The molecule has 0 atom stereocenters. The molecule has 0 amide bonds. The topological polar surface area (TPSA) is 29.3 Å². The number of nitrogens with one attached hydrogen (secondary N) is 1. The van der Waals surface area contributed by atoms with Crippen molar-refractivity contribution in [2.24, 2.45) is 0 Å². The van der Waals surface area contributed by atoms with Gasteiger partial charge in [-0.25, -0.2) is 18.2 Å². The van der Waals surface area contributed by atoms with E-state index in [0.717, 1.165) is 5.69 Å². The number of pyridine rings is 1. The summed E-state index contributed by atoms with van der Waals surface area (Å²) in [6.45, 7) is 1.99. The Morgan fingerprint density at radius 2 is 1.56 bits per heavy atom. The Bertz CT molecular complexity index is 1100. The average molecular weight is 367 g/mol. The lowest BCUT2D eigenvalue weighted by Crippen LogP contribution is -2.02. The van der Waals surface area contributed by atoms with Crippen molar-refractivity contribution in [3.8, 4) is 11.3 Å². The molecule has 4 rings (SSSR count). The lowest BCUT2D eigenvalue weighted by molar-refractivity contribution is 0.589. The van der Waals surface area contributed by atoms with Crippen LogP contribution >= 0.6 is 0 Å². The number of fused-ring (bicyclic) bond motifs is 1. The number of rotatable bonds is 4. The quantitative estimate of drug-likeness (QED) is 0.499. The summed E-state index contributed by atoms with van der Waals surface area (Å²) in [5.74, 6) is -1.33. The van der Waals surface area contributed by atoms with Crippen LogP contribution in [0.3, 0.4) is 0 Å². The van der Waals surface area contributed by atoms with Crippen LogP contribution in [0.5, 0.6) is 0 Å². The van der Waals surface area contributed by atoms with Gasteiger partial charge in [-0.2, -0.15) is 0 Å². The zero-order valence-electron chi connectivity index (χ0n) is 14.5. The van der Waals surface area contributed by atoms with E-state index in [4.69, 9.17) is 0 Å². The first kappa shape index (κ1) is 17.1. The average Bonchev–Trinajstić information content (AvgIpc) is 3.01. The molecule has 0 saturated carbocycles. The predicted octanol–water partition coefficient (Wildman–Crippen LogP) is 5.72. The van der Waals surface area contributed by atoms with E-state index in [1.807, 2.05) is 23.5 Å². The van der Waals surface area contributed by atoms with Crippen molar-refractivity contribution in [1.82, 2.24) is 9.38 Å². The molecule has 6 heteroatoms. The van der Waals surface area contributed by atoms with E-state index in [1.165, 1.54) is 30.3 Å². The van der Waals surface area contributed by atoms with E-state index < -0.39 is 11.6 Å². The van der Waals surface area contributed by atoms with Gasteiger partial charge in [-0.15, -0.1) is 0 Å². The van der Waals surface area contributed by atoms with E-state index in [0.29, 0.717) is 23.6 Å². The number of aromatic nitrogens is 2. The van der Waals surface area contributed by atoms with Crippen molar-refractivity contribution >= 4 is 17.2 Å². The van der Waals surface area contributed by atoms with Crippen LogP contribution in [0.15, 0.2) is 60.7 Å². The maximum Gasteiger partial charge on any atom is 0.143 e. The lowest BCUT2D eigenvalue weighted by Gasteiger charge is -2.12. The summed E-state index contributed by atoms with van der Waals surface area (Å²) >= 11 is 0. The fourth-order valence-corrected chi connectivity index (χ4v) is 3.12. The van der Waals surface area contributed by atoms with Crippen LogP contribution in [0.25, 0.3) is 16.9 Å². The third-order valence-electron chi connectivity index (χ3n) is 4.39. The molecule has 0 unspecified atom stereocenters. The van der Waals surface area contributed by atoms with Crippen molar-refractivity contribution in [1.29, 1.82) is 0 Å². The van der Waals surface area contributed by atoms with Crippen LogP contribution in [0.2, 0.25) is 0 Å². The normalized spacial score (nSPS) is 11.1. The highest BCUT2D eigenvalue weighted by molar-refractivity contribution is 5.80. The number of benzene rings is 2. The summed E-state index contributed by atoms with van der Waals surface area (Å²) in [6, 6.07) is 15.0. The molecule has 2 heterocycles. The molecule has 0 radical (unpaired) electrons. The summed E-state index contributed by atoms with van der Waals surface area (Å²) in [5, 5.41) is 3.15. The highest BCUT2D eigenvalue weighted by Crippen LogP contribution is 2.35. The van der Waals surface area contributed by atoms with Gasteiger partial charge in [0.2, 0.25) is 0 Å². The standard InChI is InChI=1S/C21H16F3N3/c1-2-15-5-3-8-18-26-20(19-16(23)6-4-7-17(19)24)21(27(15)18)25-14-11-9-13(22)10-12-14/h3-12,25H,2H2,1H3. The van der Waals surface area contributed by atoms with Crippen LogP contribution < -0.4 is 5.32 Å². The van der Waals surface area contributed by atoms with Gasteiger partial charge in [-0.1, -0.05) is 19.1 Å². The highest BCUT2D eigenvalue weighted by atomic mass is 19.1. The van der Waals surface area contributed by atoms with Crippen molar-refractivity contribution in [2.45, 2.75) is 13.3 Å². The van der Waals surface area contributed by atoms with E-state index in [1.54, 1.807) is 18.2 Å². The van der Waals surface area contributed by atoms with Gasteiger partial charge >= 0.3 is 0 Å². The number of nitrogens with zero attached hydrogens (tertiary/aromatic N) is 2. The molecule has 2 aromatic carbocycles. The second kappa shape index (κ2) is 6.79. The van der Waals surface area contributed by atoms with Crippen LogP contribution in [-0.2, 0) is 6.42 Å². The Labute approximate surface area is 154 Å². The fraction of sp³-hybridized carbons (Fsp3) is 0.0952. The van der Waals surface area contributed by atoms with Crippen LogP contribution in [0.4, 0.5) is 24.7 Å². The van der Waals surface area contributed by atoms with E-state index >= 15 is 0 Å². The van der Waals surface area contributed by atoms with Crippen LogP contribution in [0.1, 0.15) is 12.6 Å². The lowest BCUT2D eigenvalue weighted by atomic mass is 10.1. The first-order chi connectivity index (χ1) is 13.1. The Morgan fingerprint density at radius 1 is 0.889 bits per heavy atom. The minimum atomic E-state index is -0.696. The maximum absolute atomic E-state index is 14.5. The van der Waals surface area contributed by atoms with E-state index in [9.17, 15) is 13.2 Å². The SMILES string of the molecule is CCc1cccc2nc(-c3c(F)cccc3F)c(Nc3ccc(F)cc3)n12. The summed E-state index contributed by atoms with van der Waals surface area (Å²) in [6.07, 6.45) is 0.699. The number of hydrogen-bond donors (Lipinski definition) is 1. The van der Waals surface area contributed by atoms with Crippen LogP contribution in [-0.4, -0.2) is 9.38 Å². The number of anilines is 2. The van der Waals surface area contributed by atoms with Crippen molar-refractivity contribution in [3.05, 3.63) is 83.8 Å². The molecule has 4 aromatic rings. The van der Waals surface area contributed by atoms with Gasteiger partial charge in [0.15, 0.2) is 0 Å². The molecule has 0 bridgehead atoms. The Morgan fingerprint density at radius 3 is 2.22 bits per heavy atom. The van der Waals surface area contributed by atoms with Gasteiger partial charge < -0.3 is 5.32 Å². The maximum atomic E-state index is 14.5. The van der Waals surface area contributed by atoms with Gasteiger partial charge in [-0.3, -0.25) is 4.40 Å². The van der Waals surface area contributed by atoms with Gasteiger partial charge in [0.25, 0.3) is 0 Å². The molecular weight excluding hydrogens is 351 g/mol. The summed E-state index contributed by atoms with van der Waals surface area (Å²) in [5.41, 5.74) is 2.04. The van der Waals surface area contributed by atoms with Gasteiger partial charge in [0.1, 0.15) is 34.6 Å². The van der Waals surface area contributed by atoms with Crippen molar-refractivity contribution in [3.63, 3.8) is 0 Å². The van der Waals surface area contributed by atoms with Crippen LogP contribution in [0, 0.1) is 17.5 Å². The number of hydrogen-bond acceptors (Lipinski definition) is 2. The second-order valence-electron chi connectivity index (χ2n) is 6.10. The first-order valence-electron chi connectivity index (χ1n) is 8.56. The molecule has 1 N–H and O–H groups in total. The molecule has 0 fully saturated rings. The molecule has 3 nitrogen and oxygen atoms in total. The molecule has 0 saturated heterocycles.